The fourth-order valence-electron chi connectivity index (χ4n) is 2.15. The fourth-order valence-corrected chi connectivity index (χ4v) is 2.79. The number of carbonyl (C=O) groups excluding carboxylic acids is 2. The highest BCUT2D eigenvalue weighted by Crippen LogP contribution is 2.12. The van der Waals surface area contributed by atoms with Crippen molar-refractivity contribution >= 4 is 23.6 Å². The molecule has 0 aliphatic heterocycles. The molecule has 2 rings (SSSR count). The SMILES string of the molecule is CCSCc1ccc(C(=O)NCCC(=O)NCc2ccncc2)cc1. The Balaban J connectivity index is 1.68. The average molecular weight is 357 g/mol. The van der Waals surface area contributed by atoms with Crippen LogP contribution in [-0.2, 0) is 17.1 Å². The maximum atomic E-state index is 12.1. The second-order valence-corrected chi connectivity index (χ2v) is 6.75. The van der Waals surface area contributed by atoms with Gasteiger partial charge in [0, 0.05) is 43.2 Å². The summed E-state index contributed by atoms with van der Waals surface area (Å²) < 4.78 is 0. The minimum absolute atomic E-state index is 0.0935. The van der Waals surface area contributed by atoms with Crippen molar-refractivity contribution in [3.8, 4) is 0 Å². The van der Waals surface area contributed by atoms with E-state index in [4.69, 9.17) is 0 Å². The van der Waals surface area contributed by atoms with E-state index in [1.807, 2.05) is 48.2 Å². The Bertz CT molecular complexity index is 675. The molecule has 0 atom stereocenters. The molecule has 0 saturated heterocycles. The molecule has 0 saturated carbocycles. The van der Waals surface area contributed by atoms with Crippen LogP contribution in [0, 0.1) is 0 Å². The first-order valence-corrected chi connectivity index (χ1v) is 9.45. The van der Waals surface area contributed by atoms with E-state index in [0.29, 0.717) is 18.7 Å². The predicted octanol–water partition coefficient (Wildman–Crippen LogP) is 2.77. The van der Waals surface area contributed by atoms with Crippen molar-refractivity contribution in [1.82, 2.24) is 15.6 Å². The summed E-state index contributed by atoms with van der Waals surface area (Å²) >= 11 is 1.85. The topological polar surface area (TPSA) is 71.1 Å². The number of aromatic nitrogens is 1. The Kier molecular flexibility index (Phi) is 7.98. The molecular weight excluding hydrogens is 334 g/mol. The Morgan fingerprint density at radius 2 is 1.72 bits per heavy atom. The minimum atomic E-state index is -0.156. The first kappa shape index (κ1) is 19.0. The normalized spacial score (nSPS) is 10.3. The van der Waals surface area contributed by atoms with Crippen molar-refractivity contribution in [3.05, 3.63) is 65.5 Å². The number of hydrogen-bond acceptors (Lipinski definition) is 4. The van der Waals surface area contributed by atoms with E-state index in [9.17, 15) is 9.59 Å². The molecule has 1 heterocycles. The Morgan fingerprint density at radius 3 is 2.40 bits per heavy atom. The molecule has 0 radical (unpaired) electrons. The molecule has 0 aliphatic rings. The third kappa shape index (κ3) is 6.97. The van der Waals surface area contributed by atoms with Gasteiger partial charge in [-0.05, 0) is 41.1 Å². The number of pyridine rings is 1. The highest BCUT2D eigenvalue weighted by Gasteiger charge is 2.07. The predicted molar refractivity (Wildman–Crippen MR) is 101 cm³/mol. The van der Waals surface area contributed by atoms with Crippen LogP contribution in [0.4, 0.5) is 0 Å². The van der Waals surface area contributed by atoms with E-state index in [-0.39, 0.29) is 18.2 Å². The molecule has 0 fully saturated rings. The summed E-state index contributed by atoms with van der Waals surface area (Å²) in [5, 5.41) is 5.59. The molecule has 2 N–H and O–H groups in total. The van der Waals surface area contributed by atoms with Gasteiger partial charge in [0.1, 0.15) is 0 Å². The van der Waals surface area contributed by atoms with E-state index in [2.05, 4.69) is 22.5 Å². The van der Waals surface area contributed by atoms with Crippen LogP contribution in [0.5, 0.6) is 0 Å². The number of hydrogen-bond donors (Lipinski definition) is 2. The van der Waals surface area contributed by atoms with Crippen LogP contribution >= 0.6 is 11.8 Å². The molecule has 2 amide bonds. The molecule has 1 aromatic heterocycles. The van der Waals surface area contributed by atoms with Crippen molar-refractivity contribution < 1.29 is 9.59 Å². The van der Waals surface area contributed by atoms with Crippen LogP contribution in [0.3, 0.4) is 0 Å². The summed E-state index contributed by atoms with van der Waals surface area (Å²) in [6, 6.07) is 11.3. The highest BCUT2D eigenvalue weighted by atomic mass is 32.2. The van der Waals surface area contributed by atoms with Crippen molar-refractivity contribution in [2.45, 2.75) is 25.6 Å². The van der Waals surface area contributed by atoms with E-state index in [0.717, 1.165) is 17.1 Å². The summed E-state index contributed by atoms with van der Waals surface area (Å²) in [5.74, 6) is 1.78. The lowest BCUT2D eigenvalue weighted by Gasteiger charge is -2.07. The van der Waals surface area contributed by atoms with Gasteiger partial charge < -0.3 is 10.6 Å². The van der Waals surface area contributed by atoms with Crippen LogP contribution in [0.25, 0.3) is 0 Å². The molecule has 2 aromatic rings. The van der Waals surface area contributed by atoms with Gasteiger partial charge in [-0.1, -0.05) is 19.1 Å². The largest absolute Gasteiger partial charge is 0.352 e. The van der Waals surface area contributed by atoms with Gasteiger partial charge in [0.25, 0.3) is 5.91 Å². The zero-order chi connectivity index (χ0) is 17.9. The number of amides is 2. The number of thioether (sulfide) groups is 1. The Labute approximate surface area is 152 Å². The van der Waals surface area contributed by atoms with E-state index < -0.39 is 0 Å². The number of benzene rings is 1. The smallest absolute Gasteiger partial charge is 0.251 e. The molecular formula is C19H23N3O2S. The molecule has 25 heavy (non-hydrogen) atoms. The summed E-state index contributed by atoms with van der Waals surface area (Å²) in [7, 11) is 0. The van der Waals surface area contributed by atoms with Gasteiger partial charge in [-0.15, -0.1) is 0 Å². The zero-order valence-electron chi connectivity index (χ0n) is 14.3. The summed E-state index contributed by atoms with van der Waals surface area (Å²) in [4.78, 5) is 27.8. The van der Waals surface area contributed by atoms with Gasteiger partial charge in [0.05, 0.1) is 0 Å². The zero-order valence-corrected chi connectivity index (χ0v) is 15.1. The number of nitrogens with zero attached hydrogens (tertiary/aromatic N) is 1. The van der Waals surface area contributed by atoms with E-state index >= 15 is 0 Å². The van der Waals surface area contributed by atoms with Gasteiger partial charge in [-0.2, -0.15) is 11.8 Å². The molecule has 132 valence electrons. The lowest BCUT2D eigenvalue weighted by Crippen LogP contribution is -2.30. The molecule has 6 heteroatoms. The maximum Gasteiger partial charge on any atom is 0.251 e. The highest BCUT2D eigenvalue weighted by molar-refractivity contribution is 7.98. The lowest BCUT2D eigenvalue weighted by atomic mass is 10.1. The fraction of sp³-hybridized carbons (Fsp3) is 0.316. The molecule has 0 bridgehead atoms. The van der Waals surface area contributed by atoms with Crippen molar-refractivity contribution in [3.63, 3.8) is 0 Å². The van der Waals surface area contributed by atoms with E-state index in [1.54, 1.807) is 12.4 Å². The first-order valence-electron chi connectivity index (χ1n) is 8.29. The second-order valence-electron chi connectivity index (χ2n) is 5.47. The molecule has 1 aromatic carbocycles. The third-order valence-electron chi connectivity index (χ3n) is 3.57. The van der Waals surface area contributed by atoms with E-state index in [1.165, 1.54) is 5.56 Å². The summed E-state index contributed by atoms with van der Waals surface area (Å²) in [5.41, 5.74) is 2.81. The minimum Gasteiger partial charge on any atom is -0.352 e. The van der Waals surface area contributed by atoms with Crippen molar-refractivity contribution in [1.29, 1.82) is 0 Å². The van der Waals surface area contributed by atoms with Crippen LogP contribution < -0.4 is 10.6 Å². The van der Waals surface area contributed by atoms with Crippen molar-refractivity contribution in [2.75, 3.05) is 12.3 Å². The molecule has 5 nitrogen and oxygen atoms in total. The van der Waals surface area contributed by atoms with Gasteiger partial charge in [-0.3, -0.25) is 14.6 Å². The van der Waals surface area contributed by atoms with Gasteiger partial charge in [0.15, 0.2) is 0 Å². The Morgan fingerprint density at radius 1 is 1.00 bits per heavy atom. The van der Waals surface area contributed by atoms with Crippen LogP contribution in [-0.4, -0.2) is 29.1 Å². The van der Waals surface area contributed by atoms with Gasteiger partial charge in [0.2, 0.25) is 5.91 Å². The average Bonchev–Trinajstić information content (AvgIpc) is 2.66. The van der Waals surface area contributed by atoms with Crippen LogP contribution in [0.1, 0.15) is 34.8 Å². The van der Waals surface area contributed by atoms with Crippen LogP contribution in [0.2, 0.25) is 0 Å². The quantitative estimate of drug-likeness (QED) is 0.724. The molecule has 0 unspecified atom stereocenters. The number of nitrogens with one attached hydrogen (secondary N) is 2. The van der Waals surface area contributed by atoms with Crippen molar-refractivity contribution in [2.24, 2.45) is 0 Å². The van der Waals surface area contributed by atoms with Gasteiger partial charge >= 0.3 is 0 Å². The Hall–Kier alpha value is -2.34. The summed E-state index contributed by atoms with van der Waals surface area (Å²) in [6.45, 7) is 2.90. The lowest BCUT2D eigenvalue weighted by molar-refractivity contribution is -0.121. The standard InChI is InChI=1S/C19H23N3O2S/c1-2-25-14-16-3-5-17(6-4-16)19(24)21-12-9-18(23)22-13-15-7-10-20-11-8-15/h3-8,10-11H,2,9,12-14H2,1H3,(H,21,24)(H,22,23). The third-order valence-corrected chi connectivity index (χ3v) is 4.51. The van der Waals surface area contributed by atoms with Crippen LogP contribution in [0.15, 0.2) is 48.8 Å². The monoisotopic (exact) mass is 357 g/mol. The van der Waals surface area contributed by atoms with Gasteiger partial charge in [-0.25, -0.2) is 0 Å². The molecule has 0 aliphatic carbocycles. The maximum absolute atomic E-state index is 12.1. The first-order chi connectivity index (χ1) is 12.2. The second kappa shape index (κ2) is 10.5. The summed E-state index contributed by atoms with van der Waals surface area (Å²) in [6.07, 6.45) is 3.63. The number of rotatable bonds is 9. The number of carbonyl (C=O) groups is 2. The molecule has 0 spiro atoms.